The van der Waals surface area contributed by atoms with Crippen LogP contribution in [0, 0.1) is 0 Å². The van der Waals surface area contributed by atoms with Crippen LogP contribution in [-0.4, -0.2) is 36.4 Å². The first-order chi connectivity index (χ1) is 8.88. The van der Waals surface area contributed by atoms with Gasteiger partial charge in [0.15, 0.2) is 5.96 Å². The molecular formula is C10H19N5O4. The minimum absolute atomic E-state index is 0.0133. The van der Waals surface area contributed by atoms with Crippen molar-refractivity contribution >= 4 is 17.9 Å². The lowest BCUT2D eigenvalue weighted by atomic mass is 10.1. The Morgan fingerprint density at radius 3 is 2.63 bits per heavy atom. The third kappa shape index (κ3) is 4.38. The molecule has 1 aliphatic rings. The molecular weight excluding hydrogens is 254 g/mol. The zero-order valence-corrected chi connectivity index (χ0v) is 10.5. The van der Waals surface area contributed by atoms with Crippen LogP contribution in [0.2, 0.25) is 0 Å². The van der Waals surface area contributed by atoms with Gasteiger partial charge in [-0.2, -0.15) is 4.99 Å². The average molecular weight is 273 g/mol. The smallest absolute Gasteiger partial charge is 0.363 e. The molecule has 1 aliphatic heterocycles. The first-order valence-electron chi connectivity index (χ1n) is 5.89. The first-order valence-corrected chi connectivity index (χ1v) is 5.89. The molecule has 0 saturated carbocycles. The summed E-state index contributed by atoms with van der Waals surface area (Å²) in [7, 11) is 0. The van der Waals surface area contributed by atoms with Crippen molar-refractivity contribution in [3.05, 3.63) is 0 Å². The third-order valence-corrected chi connectivity index (χ3v) is 2.49. The van der Waals surface area contributed by atoms with E-state index in [-0.39, 0.29) is 25.2 Å². The number of esters is 2. The molecule has 0 aromatic carbocycles. The van der Waals surface area contributed by atoms with Crippen LogP contribution in [0.5, 0.6) is 0 Å². The lowest BCUT2D eigenvalue weighted by molar-refractivity contribution is -0.233. The van der Waals surface area contributed by atoms with Gasteiger partial charge in [-0.1, -0.05) is 0 Å². The Bertz CT molecular complexity index is 382. The SMILES string of the molecule is NCCCC1(N=C(N)N)OC(=O)CC[C@@H](N)C(=O)O1. The predicted octanol–water partition coefficient (Wildman–Crippen LogP) is -2.14. The largest absolute Gasteiger partial charge is 0.402 e. The van der Waals surface area contributed by atoms with E-state index in [0.29, 0.717) is 13.0 Å². The topological polar surface area (TPSA) is 169 Å². The van der Waals surface area contributed by atoms with Crippen molar-refractivity contribution in [2.45, 2.75) is 37.6 Å². The van der Waals surface area contributed by atoms with Gasteiger partial charge in [0, 0.05) is 6.42 Å². The van der Waals surface area contributed by atoms with Crippen LogP contribution in [0.4, 0.5) is 0 Å². The number of hydrogen-bond acceptors (Lipinski definition) is 7. The normalized spacial score (nSPS) is 27.8. The highest BCUT2D eigenvalue weighted by Gasteiger charge is 2.41. The summed E-state index contributed by atoms with van der Waals surface area (Å²) in [4.78, 5) is 27.0. The number of cyclic esters (lactones) is 2. The fourth-order valence-electron chi connectivity index (χ4n) is 1.60. The van der Waals surface area contributed by atoms with Gasteiger partial charge in [-0.3, -0.25) is 9.59 Å². The van der Waals surface area contributed by atoms with Crippen molar-refractivity contribution in [3.8, 4) is 0 Å². The maximum atomic E-state index is 11.7. The molecule has 1 saturated heterocycles. The predicted molar refractivity (Wildman–Crippen MR) is 66.2 cm³/mol. The maximum absolute atomic E-state index is 11.7. The van der Waals surface area contributed by atoms with Gasteiger partial charge in [0.2, 0.25) is 0 Å². The zero-order chi connectivity index (χ0) is 14.5. The number of carbonyl (C=O) groups excluding carboxylic acids is 2. The monoisotopic (exact) mass is 273 g/mol. The van der Waals surface area contributed by atoms with Crippen LogP contribution in [-0.2, 0) is 19.1 Å². The Hall–Kier alpha value is -1.87. The second-order valence-electron chi connectivity index (χ2n) is 4.18. The van der Waals surface area contributed by atoms with Crippen molar-refractivity contribution in [1.82, 2.24) is 0 Å². The second-order valence-corrected chi connectivity index (χ2v) is 4.18. The standard InChI is InChI=1S/C10H19N5O4/c11-5-1-4-10(15-9(13)14)18-7(16)3-2-6(12)8(17)19-10/h6H,1-5,11-12H2,(H4,13,14,15)/t6-,10?/m1/s1. The van der Waals surface area contributed by atoms with Crippen molar-refractivity contribution in [2.24, 2.45) is 27.9 Å². The van der Waals surface area contributed by atoms with Gasteiger partial charge in [-0.25, -0.2) is 0 Å². The molecule has 1 heterocycles. The fraction of sp³-hybridized carbons (Fsp3) is 0.700. The van der Waals surface area contributed by atoms with Crippen LogP contribution in [0.3, 0.4) is 0 Å². The molecule has 0 amide bonds. The Morgan fingerprint density at radius 1 is 1.37 bits per heavy atom. The molecule has 19 heavy (non-hydrogen) atoms. The quantitative estimate of drug-likeness (QED) is 0.255. The van der Waals surface area contributed by atoms with E-state index in [4.69, 9.17) is 32.4 Å². The van der Waals surface area contributed by atoms with Crippen LogP contribution in [0.1, 0.15) is 25.7 Å². The van der Waals surface area contributed by atoms with Gasteiger partial charge in [0.05, 0.1) is 6.42 Å². The van der Waals surface area contributed by atoms with Gasteiger partial charge < -0.3 is 32.4 Å². The molecule has 8 N–H and O–H groups in total. The van der Waals surface area contributed by atoms with Crippen LogP contribution in [0.15, 0.2) is 4.99 Å². The minimum Gasteiger partial charge on any atom is -0.402 e. The van der Waals surface area contributed by atoms with E-state index in [9.17, 15) is 9.59 Å². The molecule has 0 radical (unpaired) electrons. The van der Waals surface area contributed by atoms with Crippen LogP contribution < -0.4 is 22.9 Å². The van der Waals surface area contributed by atoms with E-state index < -0.39 is 23.9 Å². The number of ether oxygens (including phenoxy) is 2. The van der Waals surface area contributed by atoms with Gasteiger partial charge in [-0.15, -0.1) is 0 Å². The number of aliphatic imine (C=N–C) groups is 1. The molecule has 1 fully saturated rings. The van der Waals surface area contributed by atoms with Crippen molar-refractivity contribution in [2.75, 3.05) is 6.54 Å². The second kappa shape index (κ2) is 6.34. The summed E-state index contributed by atoms with van der Waals surface area (Å²) in [6.07, 6.45) is 0.589. The van der Waals surface area contributed by atoms with Gasteiger partial charge in [0.25, 0.3) is 0 Å². The molecule has 1 unspecified atom stereocenters. The van der Waals surface area contributed by atoms with E-state index in [1.165, 1.54) is 0 Å². The molecule has 0 aliphatic carbocycles. The molecule has 108 valence electrons. The van der Waals surface area contributed by atoms with E-state index in [0.717, 1.165) is 0 Å². The zero-order valence-electron chi connectivity index (χ0n) is 10.5. The minimum atomic E-state index is -1.87. The third-order valence-electron chi connectivity index (χ3n) is 2.49. The van der Waals surface area contributed by atoms with E-state index >= 15 is 0 Å². The lowest BCUT2D eigenvalue weighted by Crippen LogP contribution is -2.48. The van der Waals surface area contributed by atoms with Crippen molar-refractivity contribution in [1.29, 1.82) is 0 Å². The Kier molecular flexibility index (Phi) is 5.07. The van der Waals surface area contributed by atoms with Crippen molar-refractivity contribution < 1.29 is 19.1 Å². The average Bonchev–Trinajstić information content (AvgIpc) is 2.31. The number of guanidine groups is 1. The number of carbonyl (C=O) groups is 2. The molecule has 0 aromatic rings. The Balaban J connectivity index is 3.03. The number of nitrogens with zero attached hydrogens (tertiary/aromatic N) is 1. The number of nitrogens with two attached hydrogens (primary N) is 4. The molecule has 9 nitrogen and oxygen atoms in total. The Labute approximate surface area is 110 Å². The summed E-state index contributed by atoms with van der Waals surface area (Å²) in [5, 5.41) is 0. The lowest BCUT2D eigenvalue weighted by Gasteiger charge is -2.31. The Morgan fingerprint density at radius 2 is 2.05 bits per heavy atom. The van der Waals surface area contributed by atoms with Gasteiger partial charge in [-0.05, 0) is 19.4 Å². The fourth-order valence-corrected chi connectivity index (χ4v) is 1.60. The molecule has 0 spiro atoms. The summed E-state index contributed by atoms with van der Waals surface area (Å²) < 4.78 is 10.1. The van der Waals surface area contributed by atoms with E-state index in [2.05, 4.69) is 4.99 Å². The highest BCUT2D eigenvalue weighted by Crippen LogP contribution is 2.26. The summed E-state index contributed by atoms with van der Waals surface area (Å²) in [5.41, 5.74) is 21.5. The summed E-state index contributed by atoms with van der Waals surface area (Å²) in [5.74, 6) is -3.56. The number of rotatable bonds is 4. The molecule has 2 atom stereocenters. The highest BCUT2D eigenvalue weighted by atomic mass is 16.7. The number of hydrogen-bond donors (Lipinski definition) is 4. The van der Waals surface area contributed by atoms with Crippen LogP contribution >= 0.6 is 0 Å². The summed E-state index contributed by atoms with van der Waals surface area (Å²) in [6, 6.07) is -0.917. The van der Waals surface area contributed by atoms with E-state index in [1.54, 1.807) is 0 Å². The molecule has 0 aromatic heterocycles. The van der Waals surface area contributed by atoms with Gasteiger partial charge >= 0.3 is 17.8 Å². The summed E-state index contributed by atoms with van der Waals surface area (Å²) >= 11 is 0. The highest BCUT2D eigenvalue weighted by molar-refractivity contribution is 5.80. The summed E-state index contributed by atoms with van der Waals surface area (Å²) in [6.45, 7) is 0.295. The molecule has 0 bridgehead atoms. The van der Waals surface area contributed by atoms with Gasteiger partial charge in [0.1, 0.15) is 6.04 Å². The van der Waals surface area contributed by atoms with Crippen molar-refractivity contribution in [3.63, 3.8) is 0 Å². The molecule has 9 heteroatoms. The first kappa shape index (κ1) is 15.2. The molecule has 1 rings (SSSR count). The van der Waals surface area contributed by atoms with E-state index in [1.807, 2.05) is 0 Å². The maximum Gasteiger partial charge on any atom is 0.363 e. The van der Waals surface area contributed by atoms with Crippen LogP contribution in [0.25, 0.3) is 0 Å².